The predicted molar refractivity (Wildman–Crippen MR) is 193 cm³/mol. The summed E-state index contributed by atoms with van der Waals surface area (Å²) in [6.07, 6.45) is 33.7. The zero-order valence-electron chi connectivity index (χ0n) is 29.4. The second-order valence-corrected chi connectivity index (χ2v) is 13.0. The van der Waals surface area contributed by atoms with Gasteiger partial charge >= 0.3 is 0 Å². The molecule has 0 amide bonds. The van der Waals surface area contributed by atoms with Gasteiger partial charge in [0.15, 0.2) is 5.78 Å². The van der Waals surface area contributed by atoms with E-state index in [-0.39, 0.29) is 17.3 Å². The van der Waals surface area contributed by atoms with Crippen LogP contribution in [0.4, 0.5) is 0 Å². The molecule has 1 unspecified atom stereocenters. The normalized spacial score (nSPS) is 21.0. The number of ether oxygens (including phenoxy) is 1. The van der Waals surface area contributed by atoms with Gasteiger partial charge in [-0.2, -0.15) is 0 Å². The Bertz CT molecular complexity index is 1380. The number of carbonyl (C=O) groups excluding carboxylic acids is 1. The number of methoxy groups -OCH3 is 1. The molecule has 0 bridgehead atoms. The van der Waals surface area contributed by atoms with Crippen LogP contribution < -0.4 is 0 Å². The maximum atomic E-state index is 12.2. The fraction of sp³-hybridized carbons (Fsp3) is 0.390. The van der Waals surface area contributed by atoms with Crippen LogP contribution in [0.25, 0.3) is 0 Å². The Hall–Kier alpha value is -3.57. The molecule has 45 heavy (non-hydrogen) atoms. The monoisotopic (exact) mass is 612 g/mol. The summed E-state index contributed by atoms with van der Waals surface area (Å²) < 4.78 is 5.34. The molecule has 4 heteroatoms. The van der Waals surface area contributed by atoms with Crippen molar-refractivity contribution >= 4 is 5.78 Å². The van der Waals surface area contributed by atoms with Gasteiger partial charge in [-0.1, -0.05) is 145 Å². The summed E-state index contributed by atoms with van der Waals surface area (Å²) in [5, 5.41) is 20.1. The van der Waals surface area contributed by atoms with Crippen LogP contribution in [-0.4, -0.2) is 40.9 Å². The van der Waals surface area contributed by atoms with Crippen molar-refractivity contribution in [1.29, 1.82) is 0 Å². The van der Waals surface area contributed by atoms with Crippen molar-refractivity contribution in [2.75, 3.05) is 7.11 Å². The molecule has 0 aromatic heterocycles. The van der Waals surface area contributed by atoms with Crippen LogP contribution >= 0.6 is 0 Å². The lowest BCUT2D eigenvalue weighted by molar-refractivity contribution is -0.125. The number of carbonyl (C=O) groups is 1. The fourth-order valence-electron chi connectivity index (χ4n) is 4.73. The molecule has 244 valence electrons. The number of aliphatic hydroxyl groups excluding tert-OH is 1. The molecule has 0 aliphatic heterocycles. The third kappa shape index (κ3) is 15.3. The lowest BCUT2D eigenvalue weighted by atomic mass is 9.71. The lowest BCUT2D eigenvalue weighted by Gasteiger charge is -2.34. The molecule has 1 aliphatic rings. The average Bonchev–Trinajstić information content (AvgIpc) is 2.93. The van der Waals surface area contributed by atoms with E-state index in [0.717, 1.165) is 33.4 Å². The number of ketones is 1. The maximum absolute atomic E-state index is 12.2. The Morgan fingerprint density at radius 1 is 0.778 bits per heavy atom. The molecule has 1 rings (SSSR count). The Morgan fingerprint density at radius 2 is 1.18 bits per heavy atom. The highest BCUT2D eigenvalue weighted by Gasteiger charge is 2.36. The molecule has 2 N–H and O–H groups in total. The molecule has 0 radical (unpaired) electrons. The summed E-state index contributed by atoms with van der Waals surface area (Å²) in [4.78, 5) is 12.2. The minimum atomic E-state index is -0.929. The fourth-order valence-corrected chi connectivity index (χ4v) is 4.73. The quantitative estimate of drug-likeness (QED) is 0.192. The van der Waals surface area contributed by atoms with E-state index in [2.05, 4.69) is 71.1 Å². The van der Waals surface area contributed by atoms with Gasteiger partial charge in [0, 0.05) is 7.11 Å². The summed E-state index contributed by atoms with van der Waals surface area (Å²) in [5.41, 5.74) is 6.04. The first-order chi connectivity index (χ1) is 21.0. The van der Waals surface area contributed by atoms with Gasteiger partial charge in [-0.3, -0.25) is 4.79 Å². The van der Waals surface area contributed by atoms with E-state index in [1.54, 1.807) is 27.9 Å². The summed E-state index contributed by atoms with van der Waals surface area (Å²) in [7, 11) is 1.60. The molecule has 0 saturated carbocycles. The van der Waals surface area contributed by atoms with Gasteiger partial charge in [0.1, 0.15) is 12.2 Å². The van der Waals surface area contributed by atoms with E-state index in [1.807, 2.05) is 80.7 Å². The maximum Gasteiger partial charge on any atom is 0.187 e. The van der Waals surface area contributed by atoms with Gasteiger partial charge in [0.2, 0.25) is 0 Å². The molecule has 0 spiro atoms. The molecule has 2 atom stereocenters. The van der Waals surface area contributed by atoms with Gasteiger partial charge in [-0.15, -0.1) is 0 Å². The van der Waals surface area contributed by atoms with Crippen molar-refractivity contribution in [2.45, 2.75) is 93.5 Å². The predicted octanol–water partition coefficient (Wildman–Crippen LogP) is 9.52. The standard InChI is InChI=1S/C41H56O4/c1-30(19-14-21-32(3)22-16-24-34(5)26-28-38(45-11)41(9,10)44)17-12-13-18-31(2)20-15-23-33(4)25-27-36-35(6)39(43)37(42)29-40(36,7)8/h12-28,37-38,42,44H,29H2,1-11H3/b13-12+,19-14+,20-15+,22-16+,27-25+,28-26+,30-17+,31-18+,32-21+,33-23+,34-24+/t37-,38?/m0/s1. The number of hydrogen-bond acceptors (Lipinski definition) is 4. The van der Waals surface area contributed by atoms with Crippen molar-refractivity contribution in [3.63, 3.8) is 0 Å². The van der Waals surface area contributed by atoms with Crippen LogP contribution in [0.15, 0.2) is 142 Å². The minimum absolute atomic E-state index is 0.170. The largest absolute Gasteiger partial charge is 0.387 e. The van der Waals surface area contributed by atoms with Crippen LogP contribution in [0.2, 0.25) is 0 Å². The molecule has 0 fully saturated rings. The first kappa shape index (κ1) is 39.5. The van der Waals surface area contributed by atoms with E-state index in [9.17, 15) is 15.0 Å². The van der Waals surface area contributed by atoms with Crippen LogP contribution in [0.5, 0.6) is 0 Å². The van der Waals surface area contributed by atoms with E-state index >= 15 is 0 Å². The number of Topliss-reactive ketones (excluding diaryl/α,β-unsaturated/α-hetero) is 1. The summed E-state index contributed by atoms with van der Waals surface area (Å²) in [6, 6.07) is 0. The van der Waals surface area contributed by atoms with E-state index in [1.165, 1.54) is 0 Å². The Balaban J connectivity index is 2.68. The van der Waals surface area contributed by atoms with Crippen LogP contribution in [-0.2, 0) is 9.53 Å². The average molecular weight is 613 g/mol. The number of rotatable bonds is 14. The van der Waals surface area contributed by atoms with E-state index in [0.29, 0.717) is 12.0 Å². The van der Waals surface area contributed by atoms with Crippen LogP contribution in [0.3, 0.4) is 0 Å². The first-order valence-electron chi connectivity index (χ1n) is 15.6. The van der Waals surface area contributed by atoms with E-state index in [4.69, 9.17) is 4.74 Å². The Labute approximate surface area is 273 Å². The first-order valence-corrected chi connectivity index (χ1v) is 15.6. The molecule has 1 aliphatic carbocycles. The highest BCUT2D eigenvalue weighted by molar-refractivity contribution is 6.00. The molecule has 0 aromatic rings. The highest BCUT2D eigenvalue weighted by atomic mass is 16.5. The Kier molecular flexibility index (Phi) is 16.7. The molecule has 0 aromatic carbocycles. The second-order valence-electron chi connectivity index (χ2n) is 13.0. The molecular formula is C41H56O4. The van der Waals surface area contributed by atoms with Crippen LogP contribution in [0.1, 0.15) is 75.7 Å². The molecule has 0 heterocycles. The minimum Gasteiger partial charge on any atom is -0.387 e. The third-order valence-electron chi connectivity index (χ3n) is 7.49. The van der Waals surface area contributed by atoms with Crippen molar-refractivity contribution in [3.8, 4) is 0 Å². The smallest absolute Gasteiger partial charge is 0.187 e. The van der Waals surface area contributed by atoms with Crippen LogP contribution in [0, 0.1) is 5.41 Å². The molecular weight excluding hydrogens is 556 g/mol. The third-order valence-corrected chi connectivity index (χ3v) is 7.49. The molecule has 0 saturated heterocycles. The van der Waals surface area contributed by atoms with Crippen molar-refractivity contribution in [2.24, 2.45) is 5.41 Å². The van der Waals surface area contributed by atoms with Crippen molar-refractivity contribution in [1.82, 2.24) is 0 Å². The number of hydrogen-bond donors (Lipinski definition) is 2. The summed E-state index contributed by atoms with van der Waals surface area (Å²) in [5.74, 6) is -0.170. The lowest BCUT2D eigenvalue weighted by Crippen LogP contribution is -2.35. The number of aliphatic hydroxyl groups is 2. The number of allylic oxidation sites excluding steroid dienone is 22. The molecule has 4 nitrogen and oxygen atoms in total. The second kappa shape index (κ2) is 19.1. The van der Waals surface area contributed by atoms with Crippen molar-refractivity contribution in [3.05, 3.63) is 142 Å². The Morgan fingerprint density at radius 3 is 1.60 bits per heavy atom. The van der Waals surface area contributed by atoms with Gasteiger partial charge in [0.05, 0.1) is 5.60 Å². The van der Waals surface area contributed by atoms with Gasteiger partial charge in [0.25, 0.3) is 0 Å². The zero-order valence-corrected chi connectivity index (χ0v) is 29.4. The van der Waals surface area contributed by atoms with E-state index < -0.39 is 11.7 Å². The van der Waals surface area contributed by atoms with Gasteiger partial charge < -0.3 is 14.9 Å². The van der Waals surface area contributed by atoms with Crippen molar-refractivity contribution < 1.29 is 19.7 Å². The topological polar surface area (TPSA) is 66.8 Å². The SMILES string of the molecule is COC(/C=C/C(C)=C/C=C/C(C)=C/C=C/C(C)=C/C=C/C=C(C)/C=C/C=C(C)/C=C/C1=C(C)C(=O)[C@@H](O)CC1(C)C)C(C)(C)O. The summed E-state index contributed by atoms with van der Waals surface area (Å²) in [6.45, 7) is 19.6. The zero-order chi connectivity index (χ0) is 34.2. The highest BCUT2D eigenvalue weighted by Crippen LogP contribution is 2.39. The summed E-state index contributed by atoms with van der Waals surface area (Å²) >= 11 is 0. The van der Waals surface area contributed by atoms with Gasteiger partial charge in [-0.25, -0.2) is 0 Å². The van der Waals surface area contributed by atoms with Gasteiger partial charge in [-0.05, 0) is 78.4 Å².